The number of carbonyl (C=O) groups excluding carboxylic acids is 1. The van der Waals surface area contributed by atoms with Gasteiger partial charge in [-0.05, 0) is 18.9 Å². The van der Waals surface area contributed by atoms with Gasteiger partial charge < -0.3 is 24.8 Å². The van der Waals surface area contributed by atoms with E-state index in [0.29, 0.717) is 35.9 Å². The highest BCUT2D eigenvalue weighted by Gasteiger charge is 2.34. The smallest absolute Gasteiger partial charge is 0.256 e. The number of carbonyl (C=O) groups is 1. The van der Waals surface area contributed by atoms with Crippen LogP contribution in [0.5, 0.6) is 11.5 Å². The first-order chi connectivity index (χ1) is 10.1. The molecule has 1 aromatic rings. The van der Waals surface area contributed by atoms with Crippen LogP contribution < -0.4 is 15.2 Å². The quantitative estimate of drug-likeness (QED) is 0.772. The summed E-state index contributed by atoms with van der Waals surface area (Å²) in [5.41, 5.74) is 6.80. The minimum Gasteiger partial charge on any atom is -0.497 e. The van der Waals surface area contributed by atoms with Crippen LogP contribution in [0.1, 0.15) is 23.2 Å². The molecule has 6 heteroatoms. The second kappa shape index (κ2) is 6.67. The molecule has 0 saturated heterocycles. The summed E-state index contributed by atoms with van der Waals surface area (Å²) in [6.45, 7) is 1.06. The van der Waals surface area contributed by atoms with Crippen LogP contribution >= 0.6 is 0 Å². The topological polar surface area (TPSA) is 74.0 Å². The van der Waals surface area contributed by atoms with E-state index in [1.165, 1.54) is 7.11 Å². The second-order valence-electron chi connectivity index (χ2n) is 5.01. The van der Waals surface area contributed by atoms with Crippen molar-refractivity contribution in [3.05, 3.63) is 17.7 Å². The number of benzene rings is 1. The highest BCUT2D eigenvalue weighted by atomic mass is 16.5. The van der Waals surface area contributed by atoms with Crippen molar-refractivity contribution in [2.75, 3.05) is 40.2 Å². The lowest BCUT2D eigenvalue weighted by Crippen LogP contribution is -2.36. The summed E-state index contributed by atoms with van der Waals surface area (Å²) < 4.78 is 15.5. The van der Waals surface area contributed by atoms with Gasteiger partial charge in [-0.3, -0.25) is 4.79 Å². The van der Waals surface area contributed by atoms with E-state index >= 15 is 0 Å². The summed E-state index contributed by atoms with van der Waals surface area (Å²) in [6.07, 6.45) is 2.05. The molecule has 0 atom stereocenters. The summed E-state index contributed by atoms with van der Waals surface area (Å²) >= 11 is 0. The molecule has 21 heavy (non-hydrogen) atoms. The molecular weight excluding hydrogens is 272 g/mol. The van der Waals surface area contributed by atoms with Gasteiger partial charge in [-0.25, -0.2) is 0 Å². The van der Waals surface area contributed by atoms with Crippen LogP contribution in [-0.2, 0) is 4.74 Å². The fraction of sp³-hybridized carbons (Fsp3) is 0.533. The standard InChI is InChI=1S/C15H22N2O4/c1-19-7-6-17(10-4-5-10)15(18)12-8-11(20-2)9-13(21-3)14(12)16/h8-10H,4-7,16H2,1-3H3. The monoisotopic (exact) mass is 294 g/mol. The number of hydrogen-bond donors (Lipinski definition) is 1. The van der Waals surface area contributed by atoms with E-state index in [2.05, 4.69) is 0 Å². The molecule has 0 aliphatic heterocycles. The van der Waals surface area contributed by atoms with E-state index in [0.717, 1.165) is 12.8 Å². The van der Waals surface area contributed by atoms with Gasteiger partial charge in [0, 0.05) is 25.8 Å². The molecule has 1 saturated carbocycles. The van der Waals surface area contributed by atoms with Gasteiger partial charge >= 0.3 is 0 Å². The molecule has 2 N–H and O–H groups in total. The van der Waals surface area contributed by atoms with Gasteiger partial charge in [0.25, 0.3) is 5.91 Å². The zero-order valence-corrected chi connectivity index (χ0v) is 12.7. The maximum absolute atomic E-state index is 12.8. The van der Waals surface area contributed by atoms with Gasteiger partial charge in [0.2, 0.25) is 0 Å². The summed E-state index contributed by atoms with van der Waals surface area (Å²) in [5, 5.41) is 0. The van der Waals surface area contributed by atoms with Crippen molar-refractivity contribution < 1.29 is 19.0 Å². The molecule has 0 radical (unpaired) electrons. The molecule has 1 aliphatic rings. The Bertz CT molecular complexity index is 515. The normalized spacial score (nSPS) is 13.9. The molecule has 2 rings (SSSR count). The Morgan fingerprint density at radius 2 is 2.00 bits per heavy atom. The number of nitrogen functional groups attached to an aromatic ring is 1. The van der Waals surface area contributed by atoms with Crippen molar-refractivity contribution in [2.24, 2.45) is 0 Å². The van der Waals surface area contributed by atoms with Gasteiger partial charge in [-0.1, -0.05) is 0 Å². The van der Waals surface area contributed by atoms with Crippen molar-refractivity contribution in [1.82, 2.24) is 4.90 Å². The van der Waals surface area contributed by atoms with Gasteiger partial charge in [0.15, 0.2) is 0 Å². The summed E-state index contributed by atoms with van der Waals surface area (Å²) in [7, 11) is 4.68. The van der Waals surface area contributed by atoms with E-state index in [9.17, 15) is 4.79 Å². The minimum absolute atomic E-state index is 0.107. The Hall–Kier alpha value is -1.95. The molecule has 116 valence electrons. The van der Waals surface area contributed by atoms with Crippen LogP contribution in [0.4, 0.5) is 5.69 Å². The Morgan fingerprint density at radius 1 is 1.29 bits per heavy atom. The van der Waals surface area contributed by atoms with E-state index in [4.69, 9.17) is 19.9 Å². The number of hydrogen-bond acceptors (Lipinski definition) is 5. The third kappa shape index (κ3) is 3.39. The third-order valence-electron chi connectivity index (χ3n) is 3.59. The summed E-state index contributed by atoms with van der Waals surface area (Å²) in [6, 6.07) is 3.61. The lowest BCUT2D eigenvalue weighted by molar-refractivity contribution is 0.0680. The molecule has 0 spiro atoms. The lowest BCUT2D eigenvalue weighted by Gasteiger charge is -2.23. The van der Waals surface area contributed by atoms with Gasteiger partial charge in [-0.2, -0.15) is 0 Å². The zero-order chi connectivity index (χ0) is 15.4. The summed E-state index contributed by atoms with van der Waals surface area (Å²) in [4.78, 5) is 14.6. The highest BCUT2D eigenvalue weighted by molar-refractivity contribution is 6.01. The van der Waals surface area contributed by atoms with Crippen molar-refractivity contribution in [1.29, 1.82) is 0 Å². The average Bonchev–Trinajstić information content (AvgIpc) is 3.32. The highest BCUT2D eigenvalue weighted by Crippen LogP contribution is 2.34. The van der Waals surface area contributed by atoms with E-state index in [1.807, 2.05) is 4.90 Å². The Balaban J connectivity index is 2.31. The maximum Gasteiger partial charge on any atom is 0.256 e. The van der Waals surface area contributed by atoms with Crippen molar-refractivity contribution in [2.45, 2.75) is 18.9 Å². The largest absolute Gasteiger partial charge is 0.497 e. The summed E-state index contributed by atoms with van der Waals surface area (Å²) in [5.74, 6) is 0.885. The zero-order valence-electron chi connectivity index (χ0n) is 12.7. The van der Waals surface area contributed by atoms with Crippen molar-refractivity contribution in [3.8, 4) is 11.5 Å². The third-order valence-corrected chi connectivity index (χ3v) is 3.59. The molecule has 1 aliphatic carbocycles. The van der Waals surface area contributed by atoms with Crippen LogP contribution in [0, 0.1) is 0 Å². The van der Waals surface area contributed by atoms with E-state index < -0.39 is 0 Å². The molecule has 6 nitrogen and oxygen atoms in total. The Kier molecular flexibility index (Phi) is 4.90. The molecule has 1 amide bonds. The fourth-order valence-electron chi connectivity index (χ4n) is 2.25. The SMILES string of the molecule is COCCN(C(=O)c1cc(OC)cc(OC)c1N)C1CC1. The van der Waals surface area contributed by atoms with Gasteiger partial charge in [0.05, 0.1) is 32.1 Å². The van der Waals surface area contributed by atoms with Crippen LogP contribution in [0.3, 0.4) is 0 Å². The van der Waals surface area contributed by atoms with Gasteiger partial charge in [0.1, 0.15) is 11.5 Å². The lowest BCUT2D eigenvalue weighted by atomic mass is 10.1. The predicted molar refractivity (Wildman–Crippen MR) is 79.9 cm³/mol. The molecule has 0 heterocycles. The van der Waals surface area contributed by atoms with Gasteiger partial charge in [-0.15, -0.1) is 0 Å². The number of nitrogens with two attached hydrogens (primary N) is 1. The maximum atomic E-state index is 12.8. The average molecular weight is 294 g/mol. The Morgan fingerprint density at radius 3 is 2.52 bits per heavy atom. The van der Waals surface area contributed by atoms with Crippen LogP contribution in [0.2, 0.25) is 0 Å². The molecular formula is C15H22N2O4. The number of anilines is 1. The molecule has 0 aromatic heterocycles. The molecule has 1 aromatic carbocycles. The minimum atomic E-state index is -0.107. The van der Waals surface area contributed by atoms with Crippen LogP contribution in [0.25, 0.3) is 0 Å². The first-order valence-electron chi connectivity index (χ1n) is 6.93. The number of amides is 1. The van der Waals surface area contributed by atoms with Crippen molar-refractivity contribution >= 4 is 11.6 Å². The number of nitrogens with zero attached hydrogens (tertiary/aromatic N) is 1. The number of rotatable bonds is 7. The van der Waals surface area contributed by atoms with E-state index in [1.54, 1.807) is 26.4 Å². The number of ether oxygens (including phenoxy) is 3. The van der Waals surface area contributed by atoms with Crippen LogP contribution in [-0.4, -0.2) is 51.3 Å². The van der Waals surface area contributed by atoms with Crippen molar-refractivity contribution in [3.63, 3.8) is 0 Å². The fourth-order valence-corrected chi connectivity index (χ4v) is 2.25. The Labute approximate surface area is 124 Å². The second-order valence-corrected chi connectivity index (χ2v) is 5.01. The molecule has 1 fully saturated rings. The first kappa shape index (κ1) is 15.4. The molecule has 0 bridgehead atoms. The predicted octanol–water partition coefficient (Wildman–Crippen LogP) is 1.54. The molecule has 0 unspecified atom stereocenters. The number of methoxy groups -OCH3 is 3. The van der Waals surface area contributed by atoms with E-state index in [-0.39, 0.29) is 11.9 Å². The van der Waals surface area contributed by atoms with Crippen LogP contribution in [0.15, 0.2) is 12.1 Å². The first-order valence-corrected chi connectivity index (χ1v) is 6.93.